The lowest BCUT2D eigenvalue weighted by Gasteiger charge is -2.33. The fourth-order valence-electron chi connectivity index (χ4n) is 3.20. The molecule has 0 spiro atoms. The minimum atomic E-state index is -0.542. The number of hydrogen-bond donors (Lipinski definition) is 2. The van der Waals surface area contributed by atoms with Gasteiger partial charge in [-0.05, 0) is 58.1 Å². The summed E-state index contributed by atoms with van der Waals surface area (Å²) in [6.45, 7) is 12.5. The Morgan fingerprint density at radius 2 is 1.79 bits per heavy atom. The van der Waals surface area contributed by atoms with Crippen molar-refractivity contribution in [3.05, 3.63) is 53.5 Å². The molecule has 0 aliphatic rings. The number of hydrogen-bond acceptors (Lipinski definition) is 7. The Balaban J connectivity index is 2.07. The molecule has 2 rings (SSSR count). The van der Waals surface area contributed by atoms with Crippen molar-refractivity contribution in [2.75, 3.05) is 18.1 Å². The number of nitrogens with one attached hydrogen (secondary N) is 2. The van der Waals surface area contributed by atoms with E-state index >= 15 is 0 Å². The first-order valence-corrected chi connectivity index (χ1v) is 11.2. The second-order valence-corrected chi connectivity index (χ2v) is 9.94. The molecule has 2 aromatic rings. The predicted molar refractivity (Wildman–Crippen MR) is 130 cm³/mol. The lowest BCUT2D eigenvalue weighted by molar-refractivity contribution is 0.0525. The second-order valence-electron chi connectivity index (χ2n) is 9.94. The molecule has 2 amide bonds. The van der Waals surface area contributed by atoms with E-state index in [1.54, 1.807) is 23.2 Å². The van der Waals surface area contributed by atoms with Gasteiger partial charge < -0.3 is 10.1 Å². The van der Waals surface area contributed by atoms with Crippen LogP contribution in [-0.2, 0) is 4.74 Å². The maximum atomic E-state index is 12.9. The molecule has 9 nitrogen and oxygen atoms in total. The van der Waals surface area contributed by atoms with E-state index in [-0.39, 0.29) is 17.1 Å². The molecule has 9 heteroatoms. The number of nitriles is 1. The summed E-state index contributed by atoms with van der Waals surface area (Å²) in [6.07, 6.45) is 2.53. The monoisotopic (exact) mass is 466 g/mol. The summed E-state index contributed by atoms with van der Waals surface area (Å²) >= 11 is 0. The smallest absolute Gasteiger partial charge is 0.407 e. The highest BCUT2D eigenvalue weighted by atomic mass is 16.6. The molecule has 0 unspecified atom stereocenters. The summed E-state index contributed by atoms with van der Waals surface area (Å²) in [5.74, 6) is 0.165. The number of aryl methyl sites for hydroxylation is 1. The van der Waals surface area contributed by atoms with E-state index in [1.807, 2.05) is 45.9 Å². The van der Waals surface area contributed by atoms with Gasteiger partial charge in [-0.1, -0.05) is 31.5 Å². The van der Waals surface area contributed by atoms with Crippen molar-refractivity contribution in [1.29, 1.82) is 5.26 Å². The SMILES string of the molecule is Cc1ccc(C(=O)NN(CC(C)(C)CCCNC(=O)OC(C)(C)C)c2ccnc(C#N)n2)cc1. The molecular weight excluding hydrogens is 432 g/mol. The number of ether oxygens (including phenoxy) is 1. The van der Waals surface area contributed by atoms with Gasteiger partial charge >= 0.3 is 6.09 Å². The van der Waals surface area contributed by atoms with Gasteiger partial charge in [0.1, 0.15) is 11.7 Å². The number of alkyl carbamates (subject to hydrolysis) is 1. The van der Waals surface area contributed by atoms with Crippen LogP contribution in [0, 0.1) is 23.7 Å². The number of amides is 2. The van der Waals surface area contributed by atoms with Gasteiger partial charge in [0.25, 0.3) is 5.91 Å². The number of benzene rings is 1. The molecule has 34 heavy (non-hydrogen) atoms. The number of nitrogens with zero attached hydrogens (tertiary/aromatic N) is 4. The highest BCUT2D eigenvalue weighted by Crippen LogP contribution is 2.25. The number of carbonyl (C=O) groups is 2. The van der Waals surface area contributed by atoms with Crippen LogP contribution in [-0.4, -0.2) is 40.7 Å². The zero-order valence-corrected chi connectivity index (χ0v) is 20.8. The first-order valence-electron chi connectivity index (χ1n) is 11.2. The molecule has 0 bridgehead atoms. The maximum absolute atomic E-state index is 12.9. The number of rotatable bonds is 9. The zero-order chi connectivity index (χ0) is 25.4. The first kappa shape index (κ1) is 26.6. The van der Waals surface area contributed by atoms with Crippen molar-refractivity contribution in [3.8, 4) is 6.07 Å². The van der Waals surface area contributed by atoms with Gasteiger partial charge in [-0.25, -0.2) is 9.78 Å². The van der Waals surface area contributed by atoms with E-state index in [9.17, 15) is 14.9 Å². The molecule has 0 atom stereocenters. The third-order valence-corrected chi connectivity index (χ3v) is 4.85. The number of anilines is 1. The summed E-state index contributed by atoms with van der Waals surface area (Å²) in [5.41, 5.74) is 3.69. The van der Waals surface area contributed by atoms with Crippen molar-refractivity contribution in [2.24, 2.45) is 5.41 Å². The van der Waals surface area contributed by atoms with Gasteiger partial charge in [-0.2, -0.15) is 10.2 Å². The van der Waals surface area contributed by atoms with Crippen LogP contribution in [0.25, 0.3) is 0 Å². The summed E-state index contributed by atoms with van der Waals surface area (Å²) in [5, 5.41) is 13.6. The molecule has 0 radical (unpaired) electrons. The van der Waals surface area contributed by atoms with Gasteiger partial charge in [0.2, 0.25) is 5.82 Å². The highest BCUT2D eigenvalue weighted by Gasteiger charge is 2.25. The normalized spacial score (nSPS) is 11.3. The Labute approximate surface area is 201 Å². The topological polar surface area (TPSA) is 120 Å². The lowest BCUT2D eigenvalue weighted by atomic mass is 9.87. The van der Waals surface area contributed by atoms with Crippen LogP contribution in [0.3, 0.4) is 0 Å². The van der Waals surface area contributed by atoms with Crippen molar-refractivity contribution < 1.29 is 14.3 Å². The molecule has 1 aromatic carbocycles. The Hall–Kier alpha value is -3.67. The molecule has 1 heterocycles. The van der Waals surface area contributed by atoms with Crippen LogP contribution in [0.15, 0.2) is 36.5 Å². The molecule has 2 N–H and O–H groups in total. The zero-order valence-electron chi connectivity index (χ0n) is 20.8. The largest absolute Gasteiger partial charge is 0.444 e. The fraction of sp³-hybridized carbons (Fsp3) is 0.480. The Morgan fingerprint density at radius 3 is 2.41 bits per heavy atom. The van der Waals surface area contributed by atoms with Crippen LogP contribution in [0.4, 0.5) is 10.6 Å². The van der Waals surface area contributed by atoms with E-state index in [4.69, 9.17) is 4.74 Å². The van der Waals surface area contributed by atoms with E-state index in [1.165, 1.54) is 6.20 Å². The van der Waals surface area contributed by atoms with Crippen molar-refractivity contribution in [1.82, 2.24) is 20.7 Å². The van der Waals surface area contributed by atoms with Crippen LogP contribution in [0.2, 0.25) is 0 Å². The van der Waals surface area contributed by atoms with Crippen LogP contribution < -0.4 is 15.8 Å². The maximum Gasteiger partial charge on any atom is 0.407 e. The summed E-state index contributed by atoms with van der Waals surface area (Å²) in [4.78, 5) is 32.9. The number of hydrazine groups is 1. The second kappa shape index (κ2) is 11.5. The molecule has 0 fully saturated rings. The Morgan fingerprint density at radius 1 is 1.12 bits per heavy atom. The van der Waals surface area contributed by atoms with Crippen LogP contribution in [0.1, 0.15) is 69.2 Å². The third kappa shape index (κ3) is 9.06. The predicted octanol–water partition coefficient (Wildman–Crippen LogP) is 4.14. The lowest BCUT2D eigenvalue weighted by Crippen LogP contribution is -2.47. The molecule has 0 saturated heterocycles. The van der Waals surface area contributed by atoms with E-state index in [0.717, 1.165) is 18.4 Å². The quantitative estimate of drug-likeness (QED) is 0.421. The fourth-order valence-corrected chi connectivity index (χ4v) is 3.20. The standard InChI is InChI=1S/C25H34N6O3/c1-18-8-10-19(11-9-18)22(32)30-31(21-12-15-27-20(16-26)29-21)17-25(5,6)13-7-14-28-23(33)34-24(2,3)4/h8-12,15H,7,13-14,17H2,1-6H3,(H,28,33)(H,30,32). The minimum Gasteiger partial charge on any atom is -0.444 e. The van der Waals surface area contributed by atoms with Crippen LogP contribution >= 0.6 is 0 Å². The van der Waals surface area contributed by atoms with Crippen molar-refractivity contribution in [3.63, 3.8) is 0 Å². The molecule has 0 aliphatic heterocycles. The number of aromatic nitrogens is 2. The van der Waals surface area contributed by atoms with E-state index in [2.05, 4.69) is 34.6 Å². The molecule has 182 valence electrons. The molecule has 0 saturated carbocycles. The third-order valence-electron chi connectivity index (χ3n) is 4.85. The summed E-state index contributed by atoms with van der Waals surface area (Å²) < 4.78 is 5.26. The summed E-state index contributed by atoms with van der Waals surface area (Å²) in [6, 6.07) is 10.9. The summed E-state index contributed by atoms with van der Waals surface area (Å²) in [7, 11) is 0. The minimum absolute atomic E-state index is 0.0199. The van der Waals surface area contributed by atoms with E-state index < -0.39 is 11.7 Å². The molecule has 0 aliphatic carbocycles. The van der Waals surface area contributed by atoms with Gasteiger partial charge in [0.05, 0.1) is 0 Å². The Kier molecular flexibility index (Phi) is 8.96. The van der Waals surface area contributed by atoms with Gasteiger partial charge in [0.15, 0.2) is 5.82 Å². The van der Waals surface area contributed by atoms with Gasteiger partial charge in [-0.3, -0.25) is 15.2 Å². The Bertz CT molecular complexity index is 1020. The van der Waals surface area contributed by atoms with Crippen LogP contribution in [0.5, 0.6) is 0 Å². The highest BCUT2D eigenvalue weighted by molar-refractivity contribution is 5.95. The average Bonchev–Trinajstić information content (AvgIpc) is 2.75. The number of carbonyl (C=O) groups excluding carboxylic acids is 2. The molecule has 1 aromatic heterocycles. The van der Waals surface area contributed by atoms with Crippen molar-refractivity contribution >= 4 is 17.8 Å². The van der Waals surface area contributed by atoms with Gasteiger partial charge in [0, 0.05) is 30.9 Å². The van der Waals surface area contributed by atoms with E-state index in [0.29, 0.717) is 24.5 Å². The molecular formula is C25H34N6O3. The van der Waals surface area contributed by atoms with Crippen molar-refractivity contribution in [2.45, 2.75) is 60.0 Å². The average molecular weight is 467 g/mol. The van der Waals surface area contributed by atoms with Gasteiger partial charge in [-0.15, -0.1) is 0 Å². The first-order chi connectivity index (χ1) is 15.9.